The van der Waals surface area contributed by atoms with E-state index in [9.17, 15) is 32.7 Å². The number of ether oxygens (including phenoxy) is 1. The summed E-state index contributed by atoms with van der Waals surface area (Å²) < 4.78 is 37.8. The molecule has 0 spiro atoms. The van der Waals surface area contributed by atoms with Gasteiger partial charge in [0.15, 0.2) is 5.69 Å². The summed E-state index contributed by atoms with van der Waals surface area (Å²) in [4.78, 5) is 54.1. The van der Waals surface area contributed by atoms with Crippen molar-refractivity contribution in [2.75, 3.05) is 10.6 Å². The van der Waals surface area contributed by atoms with Crippen molar-refractivity contribution in [2.24, 2.45) is 4.99 Å². The maximum atomic E-state index is 12.7. The number of carbonyl (C=O) groups is 3. The minimum atomic E-state index is -5.19. The van der Waals surface area contributed by atoms with Crippen LogP contribution in [0.4, 0.5) is 40.8 Å². The van der Waals surface area contributed by atoms with Crippen LogP contribution in [0.3, 0.4) is 0 Å². The summed E-state index contributed by atoms with van der Waals surface area (Å²) in [6, 6.07) is 23.3. The Kier molecular flexibility index (Phi) is 11.7. The van der Waals surface area contributed by atoms with Crippen LogP contribution in [-0.2, 0) is 34.0 Å². The van der Waals surface area contributed by atoms with E-state index in [-0.39, 0.29) is 13.2 Å². The number of guanidine groups is 1. The third-order valence-electron chi connectivity index (χ3n) is 6.75. The van der Waals surface area contributed by atoms with Crippen molar-refractivity contribution in [3.05, 3.63) is 112 Å². The first-order valence-corrected chi connectivity index (χ1v) is 14.5. The predicted molar refractivity (Wildman–Crippen MR) is 168 cm³/mol. The Balaban J connectivity index is 0.000000698. The molecule has 6 N–H and O–H groups in total. The molecule has 0 unspecified atom stereocenters. The number of hydrogen-bond donors (Lipinski definition) is 5. The molecule has 14 nitrogen and oxygen atoms in total. The molecule has 3 aromatic carbocycles. The largest absolute Gasteiger partial charge is 0.542 e. The van der Waals surface area contributed by atoms with Crippen LogP contribution in [0.1, 0.15) is 16.7 Å². The number of nitrogens with zero attached hydrogens (tertiary/aromatic N) is 3. The minimum absolute atomic E-state index is 0.0120. The lowest BCUT2D eigenvalue weighted by Crippen LogP contribution is -2.82. The van der Waals surface area contributed by atoms with Crippen LogP contribution >= 0.6 is 0 Å². The molecule has 0 radical (unpaired) electrons. The van der Waals surface area contributed by atoms with Gasteiger partial charge in [0, 0.05) is 30.1 Å². The average molecular weight is 682 g/mol. The van der Waals surface area contributed by atoms with Crippen LogP contribution < -0.4 is 32.1 Å². The highest BCUT2D eigenvalue weighted by atomic mass is 19.4. The summed E-state index contributed by atoms with van der Waals surface area (Å²) in [7, 11) is 0. The molecular weight excluding hydrogens is 651 g/mol. The number of aliphatic imine (C=N–C) groups is 1. The van der Waals surface area contributed by atoms with Crippen LogP contribution in [0.15, 0.2) is 94.8 Å². The lowest BCUT2D eigenvalue weighted by molar-refractivity contribution is -0.438. The number of nitrogens with one attached hydrogen (secondary N) is 3. The normalized spacial score (nSPS) is 12.4. The van der Waals surface area contributed by atoms with Crippen LogP contribution in [0.25, 0.3) is 0 Å². The molecule has 0 aliphatic carbocycles. The van der Waals surface area contributed by atoms with Gasteiger partial charge in [0.1, 0.15) is 30.1 Å². The van der Waals surface area contributed by atoms with Crippen molar-refractivity contribution in [3.63, 3.8) is 0 Å². The number of carboxylic acids is 2. The standard InChI is InChI=1S/C30H29N7O5.C2HF3O2/c1-19-16-37(17-25(27(38)39)35-30(41)42-18-21-7-3-2-4-8-21)29(40)36-26(19)31-15-20-11-13-22(14-12-20)32-28-33-23-9-5-6-10-24(23)34-28;3-2(4,5)1(6)7/h2-14,16,25H,15,17-18H2,1H3,(H,35,41)(H,38,39)(H,31,36,40)(H2,32,33,34);(H,6,7)/t25-;/m0./s1. The summed E-state index contributed by atoms with van der Waals surface area (Å²) in [5.41, 5.74) is 4.61. The number of alkyl halides is 3. The molecule has 0 saturated heterocycles. The van der Waals surface area contributed by atoms with E-state index in [0.717, 1.165) is 38.7 Å². The molecular formula is C32H30F3N7O7. The Morgan fingerprint density at radius 2 is 1.65 bits per heavy atom. The van der Waals surface area contributed by atoms with Crippen LogP contribution in [0, 0.1) is 6.92 Å². The molecule has 0 saturated carbocycles. The minimum Gasteiger partial charge on any atom is -0.542 e. The zero-order chi connectivity index (χ0) is 35.6. The molecule has 1 atom stereocenters. The number of amides is 1. The fraction of sp³-hybridized carbons (Fsp3) is 0.188. The van der Waals surface area contributed by atoms with Crippen molar-refractivity contribution in [2.45, 2.75) is 38.8 Å². The molecule has 49 heavy (non-hydrogen) atoms. The molecule has 1 amide bonds. The summed E-state index contributed by atoms with van der Waals surface area (Å²) in [6.07, 6.45) is -4.59. The quantitative estimate of drug-likeness (QED) is 0.154. The van der Waals surface area contributed by atoms with E-state index in [4.69, 9.17) is 14.6 Å². The first-order valence-electron chi connectivity index (χ1n) is 14.5. The molecule has 4 aromatic rings. The fourth-order valence-electron chi connectivity index (χ4n) is 4.32. The Hall–Kier alpha value is -6.23. The SMILES string of the molecule is Cc1cn(C[C@H](NC(=O)OCc2ccccc2)C(=O)O)c(=O)nc1NCc1ccc(NC2=Nc3ccccc3[NH2+]2)cc1.O=C([O-])C(F)(F)F. The van der Waals surface area contributed by atoms with Crippen molar-refractivity contribution in [1.82, 2.24) is 14.9 Å². The number of fused-ring (bicyclic) bond motifs is 1. The van der Waals surface area contributed by atoms with Crippen LogP contribution in [-0.4, -0.2) is 50.9 Å². The Bertz CT molecular complexity index is 1880. The number of carbonyl (C=O) groups excluding carboxylic acids is 2. The maximum absolute atomic E-state index is 12.7. The molecule has 256 valence electrons. The number of para-hydroxylation sites is 2. The molecule has 0 fully saturated rings. The molecule has 17 heteroatoms. The Morgan fingerprint density at radius 3 is 2.29 bits per heavy atom. The summed E-state index contributed by atoms with van der Waals surface area (Å²) in [6.45, 7) is 1.85. The van der Waals surface area contributed by atoms with Gasteiger partial charge >= 0.3 is 29.9 Å². The van der Waals surface area contributed by atoms with E-state index >= 15 is 0 Å². The third kappa shape index (κ3) is 10.6. The highest BCUT2D eigenvalue weighted by Crippen LogP contribution is 2.23. The van der Waals surface area contributed by atoms with Gasteiger partial charge in [-0.3, -0.25) is 9.88 Å². The Morgan fingerprint density at radius 1 is 1.00 bits per heavy atom. The first-order chi connectivity index (χ1) is 23.3. The van der Waals surface area contributed by atoms with E-state index in [0.29, 0.717) is 17.9 Å². The number of rotatable bonds is 10. The van der Waals surface area contributed by atoms with Gasteiger partial charge in [-0.2, -0.15) is 23.1 Å². The maximum Gasteiger partial charge on any atom is 0.430 e. The lowest BCUT2D eigenvalue weighted by atomic mass is 10.2. The number of aliphatic carboxylic acids is 2. The van der Waals surface area contributed by atoms with Gasteiger partial charge in [0.05, 0.1) is 6.54 Å². The van der Waals surface area contributed by atoms with E-state index in [1.165, 1.54) is 6.20 Å². The van der Waals surface area contributed by atoms with Gasteiger partial charge in [0.25, 0.3) is 0 Å². The highest BCUT2D eigenvalue weighted by molar-refractivity contribution is 5.93. The average Bonchev–Trinajstić information content (AvgIpc) is 3.47. The number of anilines is 2. The number of carboxylic acid groups (broad SMARTS) is 2. The van der Waals surface area contributed by atoms with Gasteiger partial charge in [-0.15, -0.1) is 0 Å². The third-order valence-corrected chi connectivity index (χ3v) is 6.75. The van der Waals surface area contributed by atoms with Crippen LogP contribution in [0.2, 0.25) is 0 Å². The summed E-state index contributed by atoms with van der Waals surface area (Å²) in [5, 5.41) is 29.1. The van der Waals surface area contributed by atoms with Gasteiger partial charge in [-0.05, 0) is 36.2 Å². The molecule has 1 aromatic heterocycles. The van der Waals surface area contributed by atoms with Gasteiger partial charge in [-0.25, -0.2) is 19.7 Å². The second kappa shape index (κ2) is 16.1. The zero-order valence-corrected chi connectivity index (χ0v) is 25.7. The van der Waals surface area contributed by atoms with E-state index < -0.39 is 35.9 Å². The monoisotopic (exact) mass is 681 g/mol. The molecule has 2 heterocycles. The topological polar surface area (TPSA) is 204 Å². The number of alkyl carbamates (subject to hydrolysis) is 1. The number of quaternary nitrogens is 1. The number of aromatic nitrogens is 2. The van der Waals surface area contributed by atoms with Crippen LogP contribution in [0.5, 0.6) is 0 Å². The highest BCUT2D eigenvalue weighted by Gasteiger charge is 2.29. The number of hydrogen-bond acceptors (Lipinski definition) is 10. The summed E-state index contributed by atoms with van der Waals surface area (Å²) in [5.74, 6) is -3.16. The van der Waals surface area contributed by atoms with Crippen molar-refractivity contribution < 1.29 is 47.8 Å². The number of nitrogens with two attached hydrogens (primary N) is 1. The second-order valence-corrected chi connectivity index (χ2v) is 10.5. The zero-order valence-electron chi connectivity index (χ0n) is 25.7. The molecule has 1 aliphatic heterocycles. The molecule has 0 bridgehead atoms. The van der Waals surface area contributed by atoms with Gasteiger partial charge < -0.3 is 30.4 Å². The molecule has 1 aliphatic rings. The predicted octanol–water partition coefficient (Wildman–Crippen LogP) is 2.15. The van der Waals surface area contributed by atoms with Crippen molar-refractivity contribution in [3.8, 4) is 0 Å². The van der Waals surface area contributed by atoms with E-state index in [1.54, 1.807) is 31.2 Å². The lowest BCUT2D eigenvalue weighted by Gasteiger charge is -2.17. The van der Waals surface area contributed by atoms with Crippen molar-refractivity contribution in [1.29, 1.82) is 0 Å². The number of benzene rings is 3. The molecule has 5 rings (SSSR count). The van der Waals surface area contributed by atoms with Crippen molar-refractivity contribution >= 4 is 46.9 Å². The Labute approximate surface area is 276 Å². The smallest absolute Gasteiger partial charge is 0.430 e. The number of halogens is 3. The van der Waals surface area contributed by atoms with Gasteiger partial charge in [-0.1, -0.05) is 54.6 Å². The summed E-state index contributed by atoms with van der Waals surface area (Å²) >= 11 is 0. The fourth-order valence-corrected chi connectivity index (χ4v) is 4.32. The van der Waals surface area contributed by atoms with Gasteiger partial charge in [0.2, 0.25) is 0 Å². The van der Waals surface area contributed by atoms with E-state index in [1.807, 2.05) is 59.9 Å². The second-order valence-electron chi connectivity index (χ2n) is 10.5. The number of aryl methyl sites for hydroxylation is 1. The first kappa shape index (κ1) is 35.6. The van der Waals surface area contributed by atoms with E-state index in [2.05, 4.69) is 25.9 Å².